The number of aliphatic carboxylic acids is 1. The SMILES string of the molecule is CC(C)c1nc(CCC(=O)O)n(Cc2ccncc2)c1Sc1cccc(F)c1. The Kier molecular flexibility index (Phi) is 6.46. The van der Waals surface area contributed by atoms with Crippen molar-refractivity contribution < 1.29 is 14.3 Å². The zero-order valence-corrected chi connectivity index (χ0v) is 16.6. The quantitative estimate of drug-likeness (QED) is 0.592. The molecule has 146 valence electrons. The summed E-state index contributed by atoms with van der Waals surface area (Å²) < 4.78 is 15.7. The Morgan fingerprint density at radius 1 is 1.25 bits per heavy atom. The summed E-state index contributed by atoms with van der Waals surface area (Å²) >= 11 is 1.46. The number of aromatic nitrogens is 3. The van der Waals surface area contributed by atoms with E-state index in [4.69, 9.17) is 10.1 Å². The summed E-state index contributed by atoms with van der Waals surface area (Å²) in [7, 11) is 0. The summed E-state index contributed by atoms with van der Waals surface area (Å²) in [6.45, 7) is 4.65. The van der Waals surface area contributed by atoms with Crippen molar-refractivity contribution in [2.45, 2.75) is 49.1 Å². The number of aryl methyl sites for hydroxylation is 1. The van der Waals surface area contributed by atoms with Crippen molar-refractivity contribution in [1.82, 2.24) is 14.5 Å². The van der Waals surface area contributed by atoms with Gasteiger partial charge in [0.15, 0.2) is 0 Å². The van der Waals surface area contributed by atoms with Crippen molar-refractivity contribution in [3.8, 4) is 0 Å². The van der Waals surface area contributed by atoms with Crippen LogP contribution in [0.15, 0.2) is 58.7 Å². The summed E-state index contributed by atoms with van der Waals surface area (Å²) in [5.41, 5.74) is 1.93. The topological polar surface area (TPSA) is 68.0 Å². The lowest BCUT2D eigenvalue weighted by molar-refractivity contribution is -0.137. The second-order valence-corrected chi connectivity index (χ2v) is 7.83. The van der Waals surface area contributed by atoms with Crippen LogP contribution in [0.25, 0.3) is 0 Å². The fraction of sp³-hybridized carbons (Fsp3) is 0.286. The van der Waals surface area contributed by atoms with Crippen LogP contribution < -0.4 is 0 Å². The summed E-state index contributed by atoms with van der Waals surface area (Å²) in [5.74, 6) is -0.272. The molecule has 0 unspecified atom stereocenters. The first-order chi connectivity index (χ1) is 13.4. The smallest absolute Gasteiger partial charge is 0.303 e. The lowest BCUT2D eigenvalue weighted by Gasteiger charge is -2.13. The maximum Gasteiger partial charge on any atom is 0.303 e. The minimum Gasteiger partial charge on any atom is -0.481 e. The van der Waals surface area contributed by atoms with E-state index in [1.807, 2.05) is 22.8 Å². The van der Waals surface area contributed by atoms with Crippen molar-refractivity contribution in [2.24, 2.45) is 0 Å². The third kappa shape index (κ3) is 4.98. The lowest BCUT2D eigenvalue weighted by Crippen LogP contribution is -2.09. The van der Waals surface area contributed by atoms with Crippen molar-refractivity contribution in [3.63, 3.8) is 0 Å². The van der Waals surface area contributed by atoms with Crippen LogP contribution >= 0.6 is 11.8 Å². The predicted molar refractivity (Wildman–Crippen MR) is 106 cm³/mol. The van der Waals surface area contributed by atoms with E-state index < -0.39 is 5.97 Å². The minimum atomic E-state index is -0.858. The van der Waals surface area contributed by atoms with Crippen LogP contribution in [0.2, 0.25) is 0 Å². The molecule has 3 rings (SSSR count). The molecule has 1 aromatic carbocycles. The maximum absolute atomic E-state index is 13.7. The number of carboxylic acids is 1. The fourth-order valence-electron chi connectivity index (χ4n) is 2.87. The van der Waals surface area contributed by atoms with Crippen molar-refractivity contribution >= 4 is 17.7 Å². The Morgan fingerprint density at radius 3 is 2.64 bits per heavy atom. The lowest BCUT2D eigenvalue weighted by atomic mass is 10.1. The van der Waals surface area contributed by atoms with Crippen LogP contribution in [0, 0.1) is 5.82 Å². The van der Waals surface area contributed by atoms with E-state index in [-0.39, 0.29) is 18.2 Å². The zero-order chi connectivity index (χ0) is 20.1. The highest BCUT2D eigenvalue weighted by Gasteiger charge is 2.21. The summed E-state index contributed by atoms with van der Waals surface area (Å²) in [5, 5.41) is 10.0. The molecule has 2 aromatic heterocycles. The molecule has 0 radical (unpaired) electrons. The van der Waals surface area contributed by atoms with E-state index in [2.05, 4.69) is 18.8 Å². The van der Waals surface area contributed by atoms with Crippen LogP contribution in [0.1, 0.15) is 43.3 Å². The Bertz CT molecular complexity index is 958. The van der Waals surface area contributed by atoms with Gasteiger partial charge in [-0.05, 0) is 41.8 Å². The van der Waals surface area contributed by atoms with Crippen molar-refractivity contribution in [3.05, 3.63) is 71.7 Å². The molecule has 0 aliphatic rings. The Morgan fingerprint density at radius 2 is 2.00 bits per heavy atom. The number of carbonyl (C=O) groups is 1. The molecule has 0 atom stereocenters. The first-order valence-electron chi connectivity index (χ1n) is 9.07. The molecule has 0 amide bonds. The first kappa shape index (κ1) is 20.1. The molecule has 2 heterocycles. The van der Waals surface area contributed by atoms with E-state index in [0.29, 0.717) is 13.0 Å². The van der Waals surface area contributed by atoms with Crippen LogP contribution in [-0.4, -0.2) is 25.6 Å². The summed E-state index contributed by atoms with van der Waals surface area (Å²) in [6.07, 6.45) is 3.80. The van der Waals surface area contributed by atoms with Crippen LogP contribution in [0.3, 0.4) is 0 Å². The van der Waals surface area contributed by atoms with Gasteiger partial charge in [-0.2, -0.15) is 0 Å². The van der Waals surface area contributed by atoms with Gasteiger partial charge in [0.25, 0.3) is 0 Å². The van der Waals surface area contributed by atoms with Gasteiger partial charge in [0.05, 0.1) is 12.1 Å². The summed E-state index contributed by atoms with van der Waals surface area (Å²) in [6, 6.07) is 10.3. The normalized spacial score (nSPS) is 11.1. The van der Waals surface area contributed by atoms with E-state index >= 15 is 0 Å². The first-order valence-corrected chi connectivity index (χ1v) is 9.89. The van der Waals surface area contributed by atoms with Gasteiger partial charge >= 0.3 is 5.97 Å². The predicted octanol–water partition coefficient (Wildman–Crippen LogP) is 4.76. The molecule has 7 heteroatoms. The molecule has 0 spiro atoms. The number of rotatable bonds is 8. The molecule has 0 aliphatic heterocycles. The monoisotopic (exact) mass is 399 g/mol. The zero-order valence-electron chi connectivity index (χ0n) is 15.8. The molecule has 1 N–H and O–H groups in total. The highest BCUT2D eigenvalue weighted by Crippen LogP contribution is 2.35. The van der Waals surface area contributed by atoms with E-state index in [0.717, 1.165) is 27.0 Å². The van der Waals surface area contributed by atoms with E-state index in [1.165, 1.54) is 23.9 Å². The van der Waals surface area contributed by atoms with Crippen LogP contribution in [0.4, 0.5) is 4.39 Å². The number of pyridine rings is 1. The number of imidazole rings is 1. The number of nitrogens with zero attached hydrogens (tertiary/aromatic N) is 3. The standard InChI is InChI=1S/C21H22FN3O2S/c1-14(2)20-21(28-17-5-3-4-16(22)12-17)25(13-15-8-10-23-11-9-15)18(24-20)6-7-19(26)27/h3-5,8-12,14H,6-7,13H2,1-2H3,(H,26,27). The molecule has 3 aromatic rings. The molecule has 28 heavy (non-hydrogen) atoms. The van der Waals surface area contributed by atoms with Crippen molar-refractivity contribution in [2.75, 3.05) is 0 Å². The second kappa shape index (κ2) is 9.01. The molecular formula is C21H22FN3O2S. The van der Waals surface area contributed by atoms with Crippen LogP contribution in [-0.2, 0) is 17.8 Å². The molecule has 5 nitrogen and oxygen atoms in total. The minimum absolute atomic E-state index is 0.00889. The third-order valence-electron chi connectivity index (χ3n) is 4.24. The number of carboxylic acid groups (broad SMARTS) is 1. The molecule has 0 saturated heterocycles. The van der Waals surface area contributed by atoms with Crippen LogP contribution in [0.5, 0.6) is 0 Å². The number of halogens is 1. The maximum atomic E-state index is 13.7. The van der Waals surface area contributed by atoms with E-state index in [9.17, 15) is 9.18 Å². The van der Waals surface area contributed by atoms with Gasteiger partial charge in [-0.25, -0.2) is 9.37 Å². The highest BCUT2D eigenvalue weighted by atomic mass is 32.2. The number of hydrogen-bond acceptors (Lipinski definition) is 4. The fourth-order valence-corrected chi connectivity index (χ4v) is 4.08. The van der Waals surface area contributed by atoms with Gasteiger partial charge < -0.3 is 9.67 Å². The second-order valence-electron chi connectivity index (χ2n) is 6.77. The number of hydrogen-bond donors (Lipinski definition) is 1. The third-order valence-corrected chi connectivity index (χ3v) is 5.35. The van der Waals surface area contributed by atoms with Crippen molar-refractivity contribution in [1.29, 1.82) is 0 Å². The summed E-state index contributed by atoms with van der Waals surface area (Å²) in [4.78, 5) is 20.7. The highest BCUT2D eigenvalue weighted by molar-refractivity contribution is 7.99. The largest absolute Gasteiger partial charge is 0.481 e. The average Bonchev–Trinajstić information content (AvgIpc) is 2.98. The average molecular weight is 399 g/mol. The van der Waals surface area contributed by atoms with Gasteiger partial charge in [0, 0.05) is 30.3 Å². The molecule has 0 saturated carbocycles. The molecular weight excluding hydrogens is 377 g/mol. The van der Waals surface area contributed by atoms with Gasteiger partial charge in [-0.1, -0.05) is 31.7 Å². The number of benzene rings is 1. The Hall–Kier alpha value is -2.67. The van der Waals surface area contributed by atoms with Gasteiger partial charge in [-0.15, -0.1) is 0 Å². The Labute approximate surface area is 167 Å². The van der Waals surface area contributed by atoms with E-state index in [1.54, 1.807) is 18.5 Å². The van der Waals surface area contributed by atoms with Gasteiger partial charge in [0.1, 0.15) is 16.7 Å². The van der Waals surface area contributed by atoms with Gasteiger partial charge in [-0.3, -0.25) is 9.78 Å². The molecule has 0 aliphatic carbocycles. The Balaban J connectivity index is 2.06. The van der Waals surface area contributed by atoms with Gasteiger partial charge in [0.2, 0.25) is 0 Å². The molecule has 0 bridgehead atoms. The molecule has 0 fully saturated rings.